The fourth-order valence-electron chi connectivity index (χ4n) is 7.18. The molecule has 3 fully saturated rings. The lowest BCUT2D eigenvalue weighted by atomic mass is 9.85. The van der Waals surface area contributed by atoms with Crippen LogP contribution in [0.5, 0.6) is 11.5 Å². The number of nitrogens with one attached hydrogen (secondary N) is 3. The van der Waals surface area contributed by atoms with Gasteiger partial charge >= 0.3 is 18.2 Å². The number of nitrogens with zero attached hydrogens (tertiary/aromatic N) is 3. The third-order valence-electron chi connectivity index (χ3n) is 10.3. The monoisotopic (exact) mass is 812 g/mol. The van der Waals surface area contributed by atoms with Gasteiger partial charge in [0.25, 0.3) is 0 Å². The van der Waals surface area contributed by atoms with Gasteiger partial charge in [0, 0.05) is 29.2 Å². The first-order valence-electron chi connectivity index (χ1n) is 18.2. The Morgan fingerprint density at radius 1 is 1.07 bits per heavy atom. The van der Waals surface area contributed by atoms with Gasteiger partial charge in [-0.2, -0.15) is 0 Å². The van der Waals surface area contributed by atoms with E-state index >= 15 is 0 Å². The average Bonchev–Trinajstić information content (AvgIpc) is 3.57. The van der Waals surface area contributed by atoms with Crippen molar-refractivity contribution in [3.63, 3.8) is 0 Å². The number of benzene rings is 1. The van der Waals surface area contributed by atoms with Gasteiger partial charge in [0.2, 0.25) is 11.8 Å². The van der Waals surface area contributed by atoms with Gasteiger partial charge in [-0.15, -0.1) is 17.9 Å². The van der Waals surface area contributed by atoms with E-state index < -0.39 is 65.0 Å². The highest BCUT2D eigenvalue weighted by Gasteiger charge is 2.61. The van der Waals surface area contributed by atoms with Gasteiger partial charge in [-0.25, -0.2) is 24.4 Å². The summed E-state index contributed by atoms with van der Waals surface area (Å²) in [5.41, 5.74) is -1.33. The van der Waals surface area contributed by atoms with Crippen LogP contribution >= 0.6 is 22.9 Å². The smallest absolute Gasteiger partial charge is 0.413 e. The molecule has 4 amide bonds. The molecule has 56 heavy (non-hydrogen) atoms. The summed E-state index contributed by atoms with van der Waals surface area (Å²) in [4.78, 5) is 76.5. The fourth-order valence-corrected chi connectivity index (χ4v) is 8.15. The zero-order valence-electron chi connectivity index (χ0n) is 31.7. The third kappa shape index (κ3) is 8.33. The third-order valence-corrected chi connectivity index (χ3v) is 11.5. The van der Waals surface area contributed by atoms with Crippen LogP contribution in [0, 0.1) is 11.3 Å². The summed E-state index contributed by atoms with van der Waals surface area (Å²) < 4.78 is 22.4. The number of carbonyl (C=O) groups excluding carboxylic acids is 4. The van der Waals surface area contributed by atoms with E-state index in [9.17, 15) is 29.1 Å². The molecule has 6 rings (SSSR count). The molecule has 2 saturated carbocycles. The Balaban J connectivity index is 1.34. The lowest BCUT2D eigenvalue weighted by Gasteiger charge is -2.35. The number of hydrogen-bond donors (Lipinski definition) is 4. The van der Waals surface area contributed by atoms with Crippen molar-refractivity contribution in [3.05, 3.63) is 41.3 Å². The Morgan fingerprint density at radius 3 is 2.43 bits per heavy atom. The first-order valence-corrected chi connectivity index (χ1v) is 19.4. The second kappa shape index (κ2) is 16.1. The summed E-state index contributed by atoms with van der Waals surface area (Å²) in [6.07, 6.45) is 2.51. The normalized spacial score (nSPS) is 22.5. The van der Waals surface area contributed by atoms with Crippen molar-refractivity contribution < 1.29 is 48.0 Å². The van der Waals surface area contributed by atoms with Crippen LogP contribution in [0.25, 0.3) is 22.3 Å². The molecular weight excluding hydrogens is 768 g/mol. The fraction of sp³-hybridized carbons (Fsp3) is 0.500. The van der Waals surface area contributed by atoms with Crippen LogP contribution in [0.1, 0.15) is 59.3 Å². The maximum Gasteiger partial charge on any atom is 0.413 e. The number of carboxylic acid groups (broad SMARTS) is 1. The van der Waals surface area contributed by atoms with Crippen molar-refractivity contribution in [3.8, 4) is 22.9 Å². The van der Waals surface area contributed by atoms with Crippen LogP contribution in [0.15, 0.2) is 36.2 Å². The zero-order chi connectivity index (χ0) is 40.5. The maximum absolute atomic E-state index is 14.6. The Labute approximate surface area is 332 Å². The standard InChI is InChI=1S/C38H45ClN6O10S/c1-7-19-16-38(19,33(48)49)44-31(46)25-14-21(17-45(25)32(47)30(37(2,3)4)42-36(51)55-20-10-8-9-11-20)54-27-15-23(24-18-56-34(41-24)43-35(50)53-6)40-29-22(27)12-13-26(52-5)28(29)39/h7,12-13,15,18-21,25,30H,1,8-11,14,16-17H2,2-6H3,(H,42,51)(H,44,46)(H,48,49)(H,41,43,50)/t19-,21-,25+,30-,38-/m1/s1. The zero-order valence-corrected chi connectivity index (χ0v) is 33.3. The second-order valence-electron chi connectivity index (χ2n) is 15.2. The molecule has 0 unspecified atom stereocenters. The van der Waals surface area contributed by atoms with E-state index in [2.05, 4.69) is 32.3 Å². The van der Waals surface area contributed by atoms with Crippen molar-refractivity contribution in [2.45, 2.75) is 89.1 Å². The number of methoxy groups -OCH3 is 2. The van der Waals surface area contributed by atoms with Gasteiger partial charge in [-0.3, -0.25) is 14.9 Å². The molecule has 300 valence electrons. The Bertz CT molecular complexity index is 2050. The van der Waals surface area contributed by atoms with Gasteiger partial charge in [0.1, 0.15) is 52.0 Å². The number of anilines is 1. The molecule has 3 aliphatic rings. The van der Waals surface area contributed by atoms with Gasteiger partial charge in [0.05, 0.1) is 32.0 Å². The van der Waals surface area contributed by atoms with Crippen molar-refractivity contribution in [1.82, 2.24) is 25.5 Å². The molecule has 2 aliphatic carbocycles. The molecule has 16 nitrogen and oxygen atoms in total. The molecule has 18 heteroatoms. The van der Waals surface area contributed by atoms with E-state index in [0.29, 0.717) is 33.8 Å². The van der Waals surface area contributed by atoms with E-state index in [1.165, 1.54) is 25.2 Å². The van der Waals surface area contributed by atoms with Gasteiger partial charge in [-0.05, 0) is 49.7 Å². The van der Waals surface area contributed by atoms with E-state index in [0.717, 1.165) is 37.0 Å². The van der Waals surface area contributed by atoms with Gasteiger partial charge in [-0.1, -0.05) is 38.4 Å². The number of carbonyl (C=O) groups is 5. The minimum atomic E-state index is -1.56. The van der Waals surface area contributed by atoms with Gasteiger partial charge in [0.15, 0.2) is 5.13 Å². The predicted molar refractivity (Wildman–Crippen MR) is 207 cm³/mol. The molecule has 0 radical (unpaired) electrons. The average molecular weight is 813 g/mol. The summed E-state index contributed by atoms with van der Waals surface area (Å²) in [5.74, 6) is -2.29. The van der Waals surface area contributed by atoms with Crippen LogP contribution in [-0.2, 0) is 23.9 Å². The van der Waals surface area contributed by atoms with Crippen LogP contribution < -0.4 is 25.4 Å². The highest BCUT2D eigenvalue weighted by atomic mass is 35.5. The van der Waals surface area contributed by atoms with E-state index in [4.69, 9.17) is 30.8 Å². The number of rotatable bonds is 12. The number of likely N-dealkylation sites (tertiary alicyclic amines) is 1. The molecule has 0 bridgehead atoms. The van der Waals surface area contributed by atoms with Crippen molar-refractivity contribution in [1.29, 1.82) is 0 Å². The molecule has 0 spiro atoms. The van der Waals surface area contributed by atoms with Crippen molar-refractivity contribution in [2.75, 3.05) is 26.1 Å². The van der Waals surface area contributed by atoms with E-state index in [1.54, 1.807) is 44.4 Å². The quantitative estimate of drug-likeness (QED) is 0.161. The van der Waals surface area contributed by atoms with E-state index in [-0.39, 0.29) is 35.6 Å². The van der Waals surface area contributed by atoms with Crippen molar-refractivity contribution in [2.24, 2.45) is 11.3 Å². The highest BCUT2D eigenvalue weighted by Crippen LogP contribution is 2.45. The number of carboxylic acids is 1. The molecule has 1 aromatic carbocycles. The molecule has 5 atom stereocenters. The number of halogens is 1. The highest BCUT2D eigenvalue weighted by molar-refractivity contribution is 7.14. The first-order chi connectivity index (χ1) is 26.6. The number of alkyl carbamates (subject to hydrolysis) is 1. The van der Waals surface area contributed by atoms with Crippen LogP contribution in [0.2, 0.25) is 5.02 Å². The molecule has 1 saturated heterocycles. The Kier molecular flexibility index (Phi) is 11.7. The predicted octanol–water partition coefficient (Wildman–Crippen LogP) is 5.78. The van der Waals surface area contributed by atoms with Crippen LogP contribution in [0.3, 0.4) is 0 Å². The second-order valence-corrected chi connectivity index (χ2v) is 16.4. The molecule has 2 aromatic heterocycles. The van der Waals surface area contributed by atoms with E-state index in [1.807, 2.05) is 0 Å². The minimum Gasteiger partial charge on any atom is -0.495 e. The Hall–Kier alpha value is -5.16. The Morgan fingerprint density at radius 2 is 1.80 bits per heavy atom. The lowest BCUT2D eigenvalue weighted by Crippen LogP contribution is -2.59. The largest absolute Gasteiger partial charge is 0.495 e. The lowest BCUT2D eigenvalue weighted by molar-refractivity contribution is -0.146. The summed E-state index contributed by atoms with van der Waals surface area (Å²) >= 11 is 7.91. The number of amides is 4. The summed E-state index contributed by atoms with van der Waals surface area (Å²) in [5, 5.41) is 20.7. The topological polar surface area (TPSA) is 208 Å². The number of fused-ring (bicyclic) bond motifs is 1. The summed E-state index contributed by atoms with van der Waals surface area (Å²) in [6, 6.07) is 2.72. The number of hydrogen-bond acceptors (Lipinski definition) is 12. The van der Waals surface area contributed by atoms with Crippen LogP contribution in [-0.4, -0.2) is 101 Å². The number of pyridine rings is 1. The van der Waals surface area contributed by atoms with Gasteiger partial charge < -0.3 is 39.6 Å². The summed E-state index contributed by atoms with van der Waals surface area (Å²) in [7, 11) is 2.70. The first kappa shape index (κ1) is 40.5. The number of aromatic nitrogens is 2. The van der Waals surface area contributed by atoms with Crippen molar-refractivity contribution >= 4 is 68.9 Å². The SMILES string of the molecule is C=C[C@@H]1C[C@]1(NC(=O)[C@@H]1C[C@@H](Oc2cc(-c3csc(NC(=O)OC)n3)nc3c(Cl)c(OC)ccc23)CN1C(=O)[C@@H](NC(=O)OC1CCCC1)C(C)(C)C)C(=O)O. The van der Waals surface area contributed by atoms with Crippen LogP contribution in [0.4, 0.5) is 14.7 Å². The number of ether oxygens (including phenoxy) is 4. The molecule has 3 heterocycles. The molecule has 4 N–H and O–H groups in total. The maximum atomic E-state index is 14.6. The number of thiazole rings is 1. The number of aliphatic carboxylic acids is 1. The molecule has 3 aromatic rings. The summed E-state index contributed by atoms with van der Waals surface area (Å²) in [6.45, 7) is 8.98. The molecular formula is C38H45ClN6O10S. The minimum absolute atomic E-state index is 0.0254. The molecule has 1 aliphatic heterocycles.